The highest BCUT2D eigenvalue weighted by molar-refractivity contribution is 8.23. The molecule has 222 valence electrons. The first-order valence-electron chi connectivity index (χ1n) is 13.0. The monoisotopic (exact) mass is 604 g/mol. The molecule has 2 heterocycles. The summed E-state index contributed by atoms with van der Waals surface area (Å²) < 4.78 is 67.7. The lowest BCUT2D eigenvalue weighted by atomic mass is 9.83. The minimum absolute atomic E-state index is 0.0225. The first-order chi connectivity index (χ1) is 19.8. The van der Waals surface area contributed by atoms with Crippen LogP contribution in [0.2, 0.25) is 0 Å². The van der Waals surface area contributed by atoms with Crippen molar-refractivity contribution in [2.24, 2.45) is 0 Å². The number of urea groups is 2. The van der Waals surface area contributed by atoms with Gasteiger partial charge >= 0.3 is 18.2 Å². The summed E-state index contributed by atoms with van der Waals surface area (Å²) >= 11 is 0. The zero-order valence-electron chi connectivity index (χ0n) is 22.3. The molecule has 3 N–H and O–H groups in total. The predicted octanol–water partition coefficient (Wildman–Crippen LogP) is 5.81. The Balaban J connectivity index is 1.77. The van der Waals surface area contributed by atoms with Gasteiger partial charge in [-0.15, -0.1) is 0 Å². The zero-order valence-corrected chi connectivity index (χ0v) is 23.2. The Morgan fingerprint density at radius 2 is 1.93 bits per heavy atom. The molecule has 4 amide bonds. The van der Waals surface area contributed by atoms with Crippen LogP contribution in [-0.4, -0.2) is 57.4 Å². The van der Waals surface area contributed by atoms with Crippen LogP contribution in [-0.2, 0) is 15.7 Å². The van der Waals surface area contributed by atoms with E-state index in [9.17, 15) is 41.9 Å². The summed E-state index contributed by atoms with van der Waals surface area (Å²) in [4.78, 5) is 43.3. The van der Waals surface area contributed by atoms with E-state index >= 15 is 0 Å². The van der Waals surface area contributed by atoms with Crippen LogP contribution in [0.3, 0.4) is 0 Å². The van der Waals surface area contributed by atoms with Gasteiger partial charge in [-0.25, -0.2) is 14.5 Å². The predicted molar refractivity (Wildman–Crippen MR) is 146 cm³/mol. The second kappa shape index (κ2) is 11.1. The van der Waals surface area contributed by atoms with Crippen molar-refractivity contribution in [2.75, 3.05) is 24.4 Å². The molecule has 3 aliphatic rings. The smallest absolute Gasteiger partial charge is 0.379 e. The molecule has 1 unspecified atom stereocenters. The molecule has 2 aromatic rings. The van der Waals surface area contributed by atoms with Gasteiger partial charge in [-0.3, -0.25) is 18.8 Å². The molecule has 2 atom stereocenters. The van der Waals surface area contributed by atoms with Crippen LogP contribution < -0.4 is 10.2 Å². The highest BCUT2D eigenvalue weighted by Crippen LogP contribution is 2.52. The second-order valence-electron chi connectivity index (χ2n) is 10.3. The first-order valence-corrected chi connectivity index (χ1v) is 15.0. The molecule has 1 saturated heterocycles. The molecule has 1 fully saturated rings. The Kier molecular flexibility index (Phi) is 7.80. The number of ketones is 1. The van der Waals surface area contributed by atoms with Gasteiger partial charge in [0.2, 0.25) is 0 Å². The Hall–Kier alpha value is -3.90. The van der Waals surface area contributed by atoms with Crippen LogP contribution in [0.4, 0.5) is 28.4 Å². The van der Waals surface area contributed by atoms with Gasteiger partial charge < -0.3 is 10.1 Å². The fourth-order valence-corrected chi connectivity index (χ4v) is 6.47. The number of nitriles is 1. The SMILES string of the molecule is CS(O)(O)c1cc(C#N)ccc1[C@@H]1C2=C(CCCC2=O)N(c2cccc(C(F)(F)F)c2)C(=O)N1C(=O)NC1CCOC1. The average Bonchev–Trinajstić information content (AvgIpc) is 3.44. The lowest BCUT2D eigenvalue weighted by Crippen LogP contribution is -2.58. The highest BCUT2D eigenvalue weighted by Gasteiger charge is 2.49. The van der Waals surface area contributed by atoms with Crippen molar-refractivity contribution in [3.63, 3.8) is 0 Å². The standard InChI is InChI=1S/C28H27F3N4O6S/c1-42(39,40)23-12-16(14-32)8-9-20(23)25-24-21(6-3-7-22(24)36)34(19-5-2-4-17(13-19)28(29,30)31)27(38)35(25)26(37)33-18-10-11-41-15-18/h2,4-5,8-9,12-13,18,25,39-40H,3,6-7,10-11,15H2,1H3,(H,33,37)/t18?,25-/m1/s1. The number of nitrogens with one attached hydrogen (secondary N) is 1. The van der Waals surface area contributed by atoms with Crippen molar-refractivity contribution in [1.82, 2.24) is 10.2 Å². The molecule has 42 heavy (non-hydrogen) atoms. The zero-order chi connectivity index (χ0) is 30.4. The Morgan fingerprint density at radius 3 is 2.57 bits per heavy atom. The molecule has 1 aliphatic carbocycles. The largest absolute Gasteiger partial charge is 0.416 e. The number of halogens is 3. The van der Waals surface area contributed by atoms with E-state index in [-0.39, 0.29) is 52.4 Å². The van der Waals surface area contributed by atoms with E-state index < -0.39 is 52.3 Å². The van der Waals surface area contributed by atoms with Gasteiger partial charge in [0.1, 0.15) is 6.04 Å². The third-order valence-electron chi connectivity index (χ3n) is 7.39. The van der Waals surface area contributed by atoms with Crippen LogP contribution in [0.15, 0.2) is 58.6 Å². The number of allylic oxidation sites excluding steroid dienone is 1. The van der Waals surface area contributed by atoms with Gasteiger partial charge in [0.25, 0.3) is 0 Å². The fraction of sp³-hybridized carbons (Fsp3) is 0.357. The quantitative estimate of drug-likeness (QED) is 0.400. The van der Waals surface area contributed by atoms with E-state index in [1.54, 1.807) is 0 Å². The number of rotatable bonds is 4. The summed E-state index contributed by atoms with van der Waals surface area (Å²) in [7, 11) is -3.56. The normalized spacial score (nSPS) is 21.7. The van der Waals surface area contributed by atoms with Gasteiger partial charge in [-0.2, -0.15) is 29.0 Å². The topological polar surface area (TPSA) is 143 Å². The number of hydrogen-bond donors (Lipinski definition) is 3. The fourth-order valence-electron chi connectivity index (χ4n) is 5.50. The minimum atomic E-state index is -4.72. The van der Waals surface area contributed by atoms with Gasteiger partial charge in [0.05, 0.1) is 40.4 Å². The molecule has 0 radical (unpaired) electrons. The third kappa shape index (κ3) is 5.48. The van der Waals surface area contributed by atoms with E-state index in [4.69, 9.17) is 4.74 Å². The highest BCUT2D eigenvalue weighted by atomic mass is 32.3. The van der Waals surface area contributed by atoms with Gasteiger partial charge in [-0.1, -0.05) is 12.1 Å². The number of carbonyl (C=O) groups excluding carboxylic acids is 3. The number of carbonyl (C=O) groups is 3. The number of anilines is 1. The summed E-state index contributed by atoms with van der Waals surface area (Å²) in [5, 5.41) is 12.2. The van der Waals surface area contributed by atoms with Crippen molar-refractivity contribution in [1.29, 1.82) is 5.26 Å². The summed E-state index contributed by atoms with van der Waals surface area (Å²) in [6.45, 7) is 0.531. The molecular weight excluding hydrogens is 577 g/mol. The van der Waals surface area contributed by atoms with Gasteiger partial charge in [-0.05, 0) is 49.6 Å². The number of benzene rings is 2. The molecule has 0 saturated carbocycles. The molecule has 0 aromatic heterocycles. The summed E-state index contributed by atoms with van der Waals surface area (Å²) in [6, 6.07) is 6.02. The van der Waals surface area contributed by atoms with Crippen molar-refractivity contribution in [2.45, 2.75) is 48.8 Å². The number of ether oxygens (including phenoxy) is 1. The van der Waals surface area contributed by atoms with E-state index in [1.165, 1.54) is 24.3 Å². The van der Waals surface area contributed by atoms with Crippen LogP contribution >= 0.6 is 10.6 Å². The van der Waals surface area contributed by atoms with E-state index in [2.05, 4.69) is 5.32 Å². The van der Waals surface area contributed by atoms with Gasteiger partial charge in [0.15, 0.2) is 5.78 Å². The van der Waals surface area contributed by atoms with Crippen molar-refractivity contribution >= 4 is 34.1 Å². The summed E-state index contributed by atoms with van der Waals surface area (Å²) in [6.07, 6.45) is -2.67. The maximum atomic E-state index is 14.3. The van der Waals surface area contributed by atoms with E-state index in [0.29, 0.717) is 19.4 Å². The number of nitrogens with zero attached hydrogens (tertiary/aromatic N) is 3. The molecule has 5 rings (SSSR count). The number of hydrogen-bond acceptors (Lipinski definition) is 7. The minimum Gasteiger partial charge on any atom is -0.379 e. The first kappa shape index (κ1) is 29.6. The van der Waals surface area contributed by atoms with Gasteiger partial charge in [0, 0.05) is 36.1 Å². The number of amides is 4. The maximum absolute atomic E-state index is 14.3. The van der Waals surface area contributed by atoms with Crippen LogP contribution in [0.25, 0.3) is 0 Å². The molecule has 10 nitrogen and oxygen atoms in total. The molecule has 2 aromatic carbocycles. The third-order valence-corrected chi connectivity index (χ3v) is 8.58. The molecule has 14 heteroatoms. The molecule has 0 spiro atoms. The lowest BCUT2D eigenvalue weighted by Gasteiger charge is -2.45. The van der Waals surface area contributed by atoms with Crippen LogP contribution in [0.1, 0.15) is 48.4 Å². The number of Topliss-reactive ketones (excluding diaryl/α,β-unsaturated/α-hetero) is 1. The van der Waals surface area contributed by atoms with Crippen molar-refractivity contribution < 1.29 is 41.4 Å². The maximum Gasteiger partial charge on any atom is 0.416 e. The molecule has 2 aliphatic heterocycles. The van der Waals surface area contributed by atoms with E-state index in [1.807, 2.05) is 6.07 Å². The molecular formula is C28H27F3N4O6S. The summed E-state index contributed by atoms with van der Waals surface area (Å²) in [5.41, 5.74) is -0.993. The summed E-state index contributed by atoms with van der Waals surface area (Å²) in [5.74, 6) is -0.449. The average molecular weight is 605 g/mol. The second-order valence-corrected chi connectivity index (χ2v) is 12.4. The Bertz CT molecular complexity index is 1520. The Morgan fingerprint density at radius 1 is 1.17 bits per heavy atom. The van der Waals surface area contributed by atoms with Crippen molar-refractivity contribution in [3.8, 4) is 6.07 Å². The van der Waals surface area contributed by atoms with Crippen LogP contribution in [0.5, 0.6) is 0 Å². The molecule has 0 bridgehead atoms. The van der Waals surface area contributed by atoms with Crippen LogP contribution in [0, 0.1) is 11.3 Å². The Labute approximate surface area is 240 Å². The lowest BCUT2D eigenvalue weighted by molar-refractivity contribution is -0.137. The number of alkyl halides is 3. The van der Waals surface area contributed by atoms with E-state index in [0.717, 1.165) is 34.3 Å². The van der Waals surface area contributed by atoms with Crippen molar-refractivity contribution in [3.05, 3.63) is 70.4 Å². The number of imide groups is 1.